The summed E-state index contributed by atoms with van der Waals surface area (Å²) >= 11 is 3.49. The summed E-state index contributed by atoms with van der Waals surface area (Å²) in [5.41, 5.74) is 3.01. The second-order valence-corrected chi connectivity index (χ2v) is 6.60. The molecule has 1 heterocycles. The van der Waals surface area contributed by atoms with Gasteiger partial charge in [-0.2, -0.15) is 5.10 Å². The van der Waals surface area contributed by atoms with Crippen molar-refractivity contribution < 1.29 is 4.79 Å². The third-order valence-corrected chi connectivity index (χ3v) is 4.35. The number of nitrogens with one attached hydrogen (secondary N) is 1. The van der Waals surface area contributed by atoms with E-state index in [0.29, 0.717) is 5.69 Å². The molecule has 2 aromatic rings. The average Bonchev–Trinajstić information content (AvgIpc) is 3.06. The molecule has 1 aliphatic carbocycles. The van der Waals surface area contributed by atoms with Gasteiger partial charge in [-0.1, -0.05) is 22.0 Å². The summed E-state index contributed by atoms with van der Waals surface area (Å²) in [5, 5.41) is 7.41. The minimum absolute atomic E-state index is 0.0878. The molecule has 1 amide bonds. The Morgan fingerprint density at radius 1 is 1.43 bits per heavy atom. The third-order valence-electron chi connectivity index (χ3n) is 3.86. The molecule has 0 spiro atoms. The third kappa shape index (κ3) is 2.88. The highest BCUT2D eigenvalue weighted by molar-refractivity contribution is 9.10. The molecule has 1 atom stereocenters. The lowest BCUT2D eigenvalue weighted by Crippen LogP contribution is -2.27. The van der Waals surface area contributed by atoms with Crippen LogP contribution in [0, 0.1) is 0 Å². The quantitative estimate of drug-likeness (QED) is 0.921. The zero-order valence-corrected chi connectivity index (χ0v) is 13.7. The Labute approximate surface area is 132 Å². The molecule has 0 bridgehead atoms. The van der Waals surface area contributed by atoms with Crippen molar-refractivity contribution in [1.29, 1.82) is 0 Å². The van der Waals surface area contributed by atoms with Crippen molar-refractivity contribution in [2.24, 2.45) is 0 Å². The molecule has 0 radical (unpaired) electrons. The fourth-order valence-corrected chi connectivity index (χ4v) is 3.12. The number of amides is 1. The number of hydrogen-bond donors (Lipinski definition) is 1. The predicted molar refractivity (Wildman–Crippen MR) is 85.3 cm³/mol. The molecule has 3 rings (SSSR count). The summed E-state index contributed by atoms with van der Waals surface area (Å²) < 4.78 is 2.89. The van der Waals surface area contributed by atoms with Gasteiger partial charge in [0.15, 0.2) is 0 Å². The molecular weight excluding hydrogens is 330 g/mol. The Balaban J connectivity index is 1.74. The van der Waals surface area contributed by atoms with Crippen LogP contribution in [-0.4, -0.2) is 15.7 Å². The van der Waals surface area contributed by atoms with Crippen molar-refractivity contribution in [3.05, 3.63) is 51.8 Å². The largest absolute Gasteiger partial charge is 0.344 e. The molecule has 1 aliphatic rings. The van der Waals surface area contributed by atoms with Crippen molar-refractivity contribution in [3.8, 4) is 0 Å². The number of halogens is 1. The number of aryl methyl sites for hydroxylation is 1. The molecular formula is C16H18BrN3O. The first-order valence-electron chi connectivity index (χ1n) is 7.19. The Morgan fingerprint density at radius 3 is 2.95 bits per heavy atom. The van der Waals surface area contributed by atoms with Gasteiger partial charge in [0.05, 0.1) is 6.04 Å². The Morgan fingerprint density at radius 2 is 2.24 bits per heavy atom. The standard InChI is InChI=1S/C16H18BrN3O/c1-10(2)20-8-7-15(19-20)16(21)18-14-6-3-11-9-12(17)4-5-13(11)14/h4-5,7-10,14H,3,6H2,1-2H3,(H,18,21). The fourth-order valence-electron chi connectivity index (χ4n) is 2.71. The summed E-state index contributed by atoms with van der Waals surface area (Å²) in [4.78, 5) is 12.3. The van der Waals surface area contributed by atoms with Gasteiger partial charge in [0.25, 0.3) is 5.91 Å². The molecule has 0 aliphatic heterocycles. The highest BCUT2D eigenvalue weighted by atomic mass is 79.9. The van der Waals surface area contributed by atoms with E-state index in [2.05, 4.69) is 38.5 Å². The van der Waals surface area contributed by atoms with Crippen LogP contribution in [0.25, 0.3) is 0 Å². The van der Waals surface area contributed by atoms with Gasteiger partial charge >= 0.3 is 0 Å². The van der Waals surface area contributed by atoms with E-state index in [1.807, 2.05) is 26.1 Å². The zero-order valence-electron chi connectivity index (χ0n) is 12.1. The number of hydrogen-bond acceptors (Lipinski definition) is 2. The molecule has 4 nitrogen and oxygen atoms in total. The van der Waals surface area contributed by atoms with Crippen LogP contribution in [0.2, 0.25) is 0 Å². The number of carbonyl (C=O) groups is 1. The van der Waals surface area contributed by atoms with E-state index in [1.165, 1.54) is 11.1 Å². The van der Waals surface area contributed by atoms with Gasteiger partial charge in [-0.3, -0.25) is 9.48 Å². The Kier molecular flexibility index (Phi) is 3.85. The molecule has 1 N–H and O–H groups in total. The average molecular weight is 348 g/mol. The van der Waals surface area contributed by atoms with Crippen molar-refractivity contribution in [2.45, 2.75) is 38.8 Å². The second kappa shape index (κ2) is 5.64. The first-order valence-corrected chi connectivity index (χ1v) is 7.98. The number of nitrogens with zero attached hydrogens (tertiary/aromatic N) is 2. The van der Waals surface area contributed by atoms with E-state index >= 15 is 0 Å². The minimum atomic E-state index is -0.102. The SMILES string of the molecule is CC(C)n1ccc(C(=O)NC2CCc3cc(Br)ccc32)n1. The smallest absolute Gasteiger partial charge is 0.272 e. The zero-order chi connectivity index (χ0) is 15.0. The number of fused-ring (bicyclic) bond motifs is 1. The molecule has 0 saturated heterocycles. The van der Waals surface area contributed by atoms with E-state index < -0.39 is 0 Å². The van der Waals surface area contributed by atoms with Crippen LogP contribution in [0.5, 0.6) is 0 Å². The fraction of sp³-hybridized carbons (Fsp3) is 0.375. The Hall–Kier alpha value is -1.62. The van der Waals surface area contributed by atoms with E-state index in [4.69, 9.17) is 0 Å². The maximum Gasteiger partial charge on any atom is 0.272 e. The normalized spacial score (nSPS) is 17.0. The van der Waals surface area contributed by atoms with Gasteiger partial charge in [-0.05, 0) is 56.0 Å². The van der Waals surface area contributed by atoms with Gasteiger partial charge in [0, 0.05) is 16.7 Å². The summed E-state index contributed by atoms with van der Waals surface area (Å²) in [7, 11) is 0. The number of carbonyl (C=O) groups excluding carboxylic acids is 1. The molecule has 1 aromatic carbocycles. The monoisotopic (exact) mass is 347 g/mol. The highest BCUT2D eigenvalue weighted by Crippen LogP contribution is 2.33. The van der Waals surface area contributed by atoms with Crippen LogP contribution in [0.4, 0.5) is 0 Å². The van der Waals surface area contributed by atoms with Crippen molar-refractivity contribution in [1.82, 2.24) is 15.1 Å². The van der Waals surface area contributed by atoms with Crippen LogP contribution in [0.15, 0.2) is 34.9 Å². The minimum Gasteiger partial charge on any atom is -0.344 e. The lowest BCUT2D eigenvalue weighted by atomic mass is 10.1. The molecule has 0 saturated carbocycles. The number of benzene rings is 1. The lowest BCUT2D eigenvalue weighted by molar-refractivity contribution is 0.0930. The summed E-state index contributed by atoms with van der Waals surface area (Å²) in [6, 6.07) is 8.36. The van der Waals surface area contributed by atoms with Crippen molar-refractivity contribution >= 4 is 21.8 Å². The predicted octanol–water partition coefficient (Wildman–Crippen LogP) is 3.64. The topological polar surface area (TPSA) is 46.9 Å². The summed E-state index contributed by atoms with van der Waals surface area (Å²) in [6.45, 7) is 4.08. The maximum atomic E-state index is 12.3. The Bertz CT molecular complexity index is 678. The van der Waals surface area contributed by atoms with Gasteiger partial charge in [0.1, 0.15) is 5.69 Å². The molecule has 1 unspecified atom stereocenters. The van der Waals surface area contributed by atoms with Crippen molar-refractivity contribution in [3.63, 3.8) is 0 Å². The van der Waals surface area contributed by atoms with Crippen LogP contribution in [-0.2, 0) is 6.42 Å². The van der Waals surface area contributed by atoms with Gasteiger partial charge in [-0.15, -0.1) is 0 Å². The molecule has 1 aromatic heterocycles. The summed E-state index contributed by atoms with van der Waals surface area (Å²) in [6.07, 6.45) is 3.79. The maximum absolute atomic E-state index is 12.3. The van der Waals surface area contributed by atoms with E-state index in [-0.39, 0.29) is 18.0 Å². The lowest BCUT2D eigenvalue weighted by Gasteiger charge is -2.13. The molecule has 110 valence electrons. The van der Waals surface area contributed by atoms with Crippen LogP contribution >= 0.6 is 15.9 Å². The highest BCUT2D eigenvalue weighted by Gasteiger charge is 2.25. The first kappa shape index (κ1) is 14.3. The number of rotatable bonds is 3. The van der Waals surface area contributed by atoms with Crippen LogP contribution in [0.1, 0.15) is 54.0 Å². The molecule has 0 fully saturated rings. The van der Waals surface area contributed by atoms with E-state index in [9.17, 15) is 4.79 Å². The molecule has 21 heavy (non-hydrogen) atoms. The van der Waals surface area contributed by atoms with E-state index in [1.54, 1.807) is 10.7 Å². The van der Waals surface area contributed by atoms with Crippen LogP contribution < -0.4 is 5.32 Å². The second-order valence-electron chi connectivity index (χ2n) is 5.68. The van der Waals surface area contributed by atoms with Gasteiger partial charge < -0.3 is 5.32 Å². The molecule has 5 heteroatoms. The summed E-state index contributed by atoms with van der Waals surface area (Å²) in [5.74, 6) is -0.102. The van der Waals surface area contributed by atoms with Gasteiger partial charge in [0.2, 0.25) is 0 Å². The van der Waals surface area contributed by atoms with E-state index in [0.717, 1.165) is 17.3 Å². The van der Waals surface area contributed by atoms with Gasteiger partial charge in [-0.25, -0.2) is 0 Å². The van der Waals surface area contributed by atoms with Crippen molar-refractivity contribution in [2.75, 3.05) is 0 Å². The number of aromatic nitrogens is 2. The van der Waals surface area contributed by atoms with Crippen LogP contribution in [0.3, 0.4) is 0 Å². The first-order chi connectivity index (χ1) is 10.0.